The van der Waals surface area contributed by atoms with Gasteiger partial charge in [0, 0.05) is 18.1 Å². The summed E-state index contributed by atoms with van der Waals surface area (Å²) in [5.74, 6) is 0. The number of nitrogens with zero attached hydrogens (tertiary/aromatic N) is 1. The number of fused-ring (bicyclic) bond motifs is 1. The SMILES string of the molecule is F[B-](F)(O[n+]1cccc2c1CCCC2)C(F)(F)F. The van der Waals surface area contributed by atoms with Crippen LogP contribution in [0.25, 0.3) is 0 Å². The van der Waals surface area contributed by atoms with Crippen LogP contribution in [0.4, 0.5) is 21.8 Å². The fraction of sp³-hybridized carbons (Fsp3) is 0.500. The number of hydrogen-bond acceptors (Lipinski definition) is 1. The maximum atomic E-state index is 12.9. The molecule has 0 N–H and O–H groups in total. The van der Waals surface area contributed by atoms with E-state index in [1.807, 2.05) is 0 Å². The number of aryl methyl sites for hydroxylation is 1. The first kappa shape index (κ1) is 13.1. The molecule has 0 saturated heterocycles. The summed E-state index contributed by atoms with van der Waals surface area (Å²) in [6.45, 7) is -5.89. The molecule has 0 atom stereocenters. The molecular weight excluding hydrogens is 256 g/mol. The van der Waals surface area contributed by atoms with E-state index in [-0.39, 0.29) is 0 Å². The highest BCUT2D eigenvalue weighted by Crippen LogP contribution is 2.29. The normalized spacial score (nSPS) is 16.3. The first-order chi connectivity index (χ1) is 8.31. The molecule has 18 heavy (non-hydrogen) atoms. The van der Waals surface area contributed by atoms with Gasteiger partial charge in [0.15, 0.2) is 0 Å². The van der Waals surface area contributed by atoms with Crippen molar-refractivity contribution in [2.24, 2.45) is 0 Å². The highest BCUT2D eigenvalue weighted by Gasteiger charge is 2.60. The van der Waals surface area contributed by atoms with E-state index in [0.29, 0.717) is 23.3 Å². The van der Waals surface area contributed by atoms with Gasteiger partial charge in [-0.05, 0) is 30.1 Å². The third-order valence-electron chi connectivity index (χ3n) is 2.89. The molecule has 2 rings (SSSR count). The maximum Gasteiger partial charge on any atom is 0.658 e. The van der Waals surface area contributed by atoms with Gasteiger partial charge in [0.25, 0.3) is 0 Å². The Balaban J connectivity index is 2.30. The van der Waals surface area contributed by atoms with Crippen LogP contribution in [0.2, 0.25) is 0 Å². The van der Waals surface area contributed by atoms with Gasteiger partial charge in [0.1, 0.15) is 0 Å². The molecular formula is C10H11BF5NO. The summed E-state index contributed by atoms with van der Waals surface area (Å²) in [6.07, 6.45) is -1.80. The van der Waals surface area contributed by atoms with Gasteiger partial charge in [-0.3, -0.25) is 0 Å². The predicted molar refractivity (Wildman–Crippen MR) is 53.9 cm³/mol. The third-order valence-corrected chi connectivity index (χ3v) is 2.89. The van der Waals surface area contributed by atoms with E-state index in [1.165, 1.54) is 6.07 Å². The first-order valence-corrected chi connectivity index (χ1v) is 5.60. The number of halogens is 5. The lowest BCUT2D eigenvalue weighted by Gasteiger charge is -2.24. The second kappa shape index (κ2) is 4.40. The summed E-state index contributed by atoms with van der Waals surface area (Å²) in [5, 5.41) is 0. The van der Waals surface area contributed by atoms with Crippen molar-refractivity contribution in [2.45, 2.75) is 31.8 Å². The summed E-state index contributed by atoms with van der Waals surface area (Å²) < 4.78 is 66.5. The molecule has 2 nitrogen and oxygen atoms in total. The Kier molecular flexibility index (Phi) is 3.20. The van der Waals surface area contributed by atoms with Crippen LogP contribution in [0.3, 0.4) is 0 Å². The zero-order chi connectivity index (χ0) is 13.4. The molecule has 0 unspecified atom stereocenters. The highest BCUT2D eigenvalue weighted by molar-refractivity contribution is 6.61. The zero-order valence-electron chi connectivity index (χ0n) is 9.38. The average Bonchev–Trinajstić information content (AvgIpc) is 2.27. The molecule has 1 aromatic rings. The fourth-order valence-corrected chi connectivity index (χ4v) is 1.97. The number of aromatic nitrogens is 1. The Morgan fingerprint density at radius 2 is 1.83 bits per heavy atom. The van der Waals surface area contributed by atoms with E-state index in [2.05, 4.69) is 4.76 Å². The number of hydrogen-bond donors (Lipinski definition) is 0. The summed E-state index contributed by atoms with van der Waals surface area (Å²) in [4.78, 5) is 0. The lowest BCUT2D eigenvalue weighted by atomic mass is 9.87. The average molecular weight is 267 g/mol. The Hall–Kier alpha value is -1.34. The summed E-state index contributed by atoms with van der Waals surface area (Å²) in [7, 11) is 0. The van der Waals surface area contributed by atoms with Crippen molar-refractivity contribution < 1.29 is 31.3 Å². The summed E-state index contributed by atoms with van der Waals surface area (Å²) in [5.41, 5.74) is 1.16. The van der Waals surface area contributed by atoms with Gasteiger partial charge in [0.05, 0.1) is 0 Å². The standard InChI is InChI=1S/C10H11BF5NO/c12-10(13,14)11(15,16)18-17-7-3-5-8-4-1-2-6-9(8)17/h3,5,7H,1-2,4,6H2. The maximum absolute atomic E-state index is 12.9. The van der Waals surface area contributed by atoms with Gasteiger partial charge < -0.3 is 13.4 Å². The van der Waals surface area contributed by atoms with Crippen LogP contribution in [0.1, 0.15) is 24.1 Å². The van der Waals surface area contributed by atoms with Crippen LogP contribution in [0, 0.1) is 0 Å². The topological polar surface area (TPSA) is 13.1 Å². The van der Waals surface area contributed by atoms with Crippen molar-refractivity contribution in [3.05, 3.63) is 29.6 Å². The van der Waals surface area contributed by atoms with Crippen molar-refractivity contribution in [3.8, 4) is 0 Å². The molecule has 1 aromatic heterocycles. The second-order valence-electron chi connectivity index (χ2n) is 4.26. The van der Waals surface area contributed by atoms with Gasteiger partial charge >= 0.3 is 13.0 Å². The van der Waals surface area contributed by atoms with Gasteiger partial charge in [0.2, 0.25) is 11.9 Å². The molecule has 0 aromatic carbocycles. The number of alkyl halides is 3. The Morgan fingerprint density at radius 3 is 2.50 bits per heavy atom. The molecule has 100 valence electrons. The minimum absolute atomic E-state index is 0.398. The molecule has 0 amide bonds. The van der Waals surface area contributed by atoms with Crippen molar-refractivity contribution >= 4 is 6.90 Å². The smallest absolute Gasteiger partial charge is 0.432 e. The van der Waals surface area contributed by atoms with Gasteiger partial charge in [-0.1, -0.05) is 0 Å². The van der Waals surface area contributed by atoms with Crippen LogP contribution < -0.4 is 9.49 Å². The van der Waals surface area contributed by atoms with Crippen molar-refractivity contribution in [1.82, 2.24) is 0 Å². The van der Waals surface area contributed by atoms with Crippen LogP contribution in [-0.4, -0.2) is 13.0 Å². The minimum Gasteiger partial charge on any atom is -0.432 e. The van der Waals surface area contributed by atoms with E-state index in [4.69, 9.17) is 0 Å². The van der Waals surface area contributed by atoms with E-state index in [1.54, 1.807) is 6.07 Å². The Morgan fingerprint density at radius 1 is 1.17 bits per heavy atom. The molecule has 0 aliphatic heterocycles. The van der Waals surface area contributed by atoms with Gasteiger partial charge in [-0.2, -0.15) is 0 Å². The van der Waals surface area contributed by atoms with E-state index in [0.717, 1.165) is 24.6 Å². The van der Waals surface area contributed by atoms with Gasteiger partial charge in [-0.25, -0.2) is 13.2 Å². The van der Waals surface area contributed by atoms with Crippen LogP contribution >= 0.6 is 0 Å². The molecule has 0 spiro atoms. The largest absolute Gasteiger partial charge is 0.658 e. The lowest BCUT2D eigenvalue weighted by molar-refractivity contribution is -0.873. The van der Waals surface area contributed by atoms with Crippen LogP contribution in [0.5, 0.6) is 0 Å². The van der Waals surface area contributed by atoms with E-state index < -0.39 is 13.0 Å². The number of rotatable bonds is 2. The van der Waals surface area contributed by atoms with Crippen molar-refractivity contribution in [3.63, 3.8) is 0 Å². The highest BCUT2D eigenvalue weighted by atomic mass is 19.4. The monoisotopic (exact) mass is 267 g/mol. The summed E-state index contributed by atoms with van der Waals surface area (Å²) in [6, 6.07) is 3.12. The molecule has 0 fully saturated rings. The number of pyridine rings is 1. The zero-order valence-corrected chi connectivity index (χ0v) is 9.38. The van der Waals surface area contributed by atoms with Crippen LogP contribution in [-0.2, 0) is 12.8 Å². The second-order valence-corrected chi connectivity index (χ2v) is 4.26. The molecule has 0 saturated carbocycles. The van der Waals surface area contributed by atoms with E-state index in [9.17, 15) is 21.8 Å². The fourth-order valence-electron chi connectivity index (χ4n) is 1.97. The summed E-state index contributed by atoms with van der Waals surface area (Å²) >= 11 is 0. The Bertz CT molecular complexity index is 448. The third kappa shape index (κ3) is 2.42. The van der Waals surface area contributed by atoms with Gasteiger partial charge in [-0.15, -0.1) is 0 Å². The quantitative estimate of drug-likeness (QED) is 0.455. The molecule has 1 heterocycles. The molecule has 1 aliphatic rings. The molecule has 0 radical (unpaired) electrons. The predicted octanol–water partition coefficient (Wildman–Crippen LogP) is 2.26. The van der Waals surface area contributed by atoms with E-state index >= 15 is 0 Å². The van der Waals surface area contributed by atoms with Crippen molar-refractivity contribution in [2.75, 3.05) is 0 Å². The van der Waals surface area contributed by atoms with Crippen molar-refractivity contribution in [1.29, 1.82) is 0 Å². The first-order valence-electron chi connectivity index (χ1n) is 5.60. The molecule has 8 heteroatoms. The molecule has 0 bridgehead atoms. The minimum atomic E-state index is -5.89. The van der Waals surface area contributed by atoms with Crippen LogP contribution in [0.15, 0.2) is 18.3 Å². The lowest BCUT2D eigenvalue weighted by Crippen LogP contribution is -2.63. The molecule has 1 aliphatic carbocycles. The Labute approximate surface area is 100 Å².